The molecule has 0 aliphatic carbocycles. The number of benzene rings is 1. The monoisotopic (exact) mass is 276 g/mol. The summed E-state index contributed by atoms with van der Waals surface area (Å²) in [6.45, 7) is 2.49. The van der Waals surface area contributed by atoms with Crippen LogP contribution in [0.15, 0.2) is 24.4 Å². The number of nitrogens with one attached hydrogen (secondary N) is 2. The van der Waals surface area contributed by atoms with E-state index in [4.69, 9.17) is 5.73 Å². The highest BCUT2D eigenvalue weighted by molar-refractivity contribution is 5.99. The zero-order chi connectivity index (χ0) is 14.5. The Morgan fingerprint density at radius 3 is 2.95 bits per heavy atom. The lowest BCUT2D eigenvalue weighted by Gasteiger charge is -2.07. The third-order valence-electron chi connectivity index (χ3n) is 3.10. The van der Waals surface area contributed by atoms with E-state index in [1.165, 1.54) is 12.1 Å². The second-order valence-corrected chi connectivity index (χ2v) is 4.61. The molecule has 0 unspecified atom stereocenters. The van der Waals surface area contributed by atoms with Crippen molar-refractivity contribution >= 4 is 11.6 Å². The first-order chi connectivity index (χ1) is 9.58. The normalized spacial score (nSPS) is 10.5. The van der Waals surface area contributed by atoms with Gasteiger partial charge in [0.15, 0.2) is 0 Å². The maximum absolute atomic E-state index is 12.9. The van der Waals surface area contributed by atoms with Crippen LogP contribution >= 0.6 is 0 Å². The standard InChI is InChI=1S/C14H17FN4O/c1-9-10(8-18-19-9)3-2-6-17-14(20)12-5-4-11(15)7-13(12)16/h4-5,7-8H,2-3,6,16H2,1H3,(H,17,20)(H,18,19). The van der Waals surface area contributed by atoms with Gasteiger partial charge in [-0.2, -0.15) is 5.10 Å². The Hall–Kier alpha value is -2.37. The van der Waals surface area contributed by atoms with Gasteiger partial charge in [-0.25, -0.2) is 4.39 Å². The Labute approximate surface area is 116 Å². The number of aromatic amines is 1. The van der Waals surface area contributed by atoms with Gasteiger partial charge in [-0.15, -0.1) is 0 Å². The summed E-state index contributed by atoms with van der Waals surface area (Å²) in [5.41, 5.74) is 8.23. The summed E-state index contributed by atoms with van der Waals surface area (Å²) in [5.74, 6) is -0.735. The van der Waals surface area contributed by atoms with Gasteiger partial charge in [0.25, 0.3) is 5.91 Å². The van der Waals surface area contributed by atoms with Gasteiger partial charge in [0, 0.05) is 17.9 Å². The van der Waals surface area contributed by atoms with Crippen molar-refractivity contribution in [2.24, 2.45) is 0 Å². The molecule has 20 heavy (non-hydrogen) atoms. The first kappa shape index (κ1) is 14.0. The van der Waals surface area contributed by atoms with Crippen LogP contribution < -0.4 is 11.1 Å². The Balaban J connectivity index is 1.82. The highest BCUT2D eigenvalue weighted by Crippen LogP contribution is 2.13. The van der Waals surface area contributed by atoms with Gasteiger partial charge in [0.05, 0.1) is 11.8 Å². The van der Waals surface area contributed by atoms with E-state index in [9.17, 15) is 9.18 Å². The number of aryl methyl sites for hydroxylation is 2. The summed E-state index contributed by atoms with van der Waals surface area (Å²) < 4.78 is 12.9. The number of amides is 1. The van der Waals surface area contributed by atoms with Crippen molar-refractivity contribution in [3.8, 4) is 0 Å². The van der Waals surface area contributed by atoms with Crippen molar-refractivity contribution in [3.63, 3.8) is 0 Å². The van der Waals surface area contributed by atoms with Crippen LogP contribution in [-0.4, -0.2) is 22.6 Å². The number of halogens is 1. The van der Waals surface area contributed by atoms with Crippen molar-refractivity contribution in [1.82, 2.24) is 15.5 Å². The van der Waals surface area contributed by atoms with Gasteiger partial charge in [-0.05, 0) is 43.5 Å². The van der Waals surface area contributed by atoms with Crippen LogP contribution in [0.1, 0.15) is 28.0 Å². The third kappa shape index (κ3) is 3.34. The summed E-state index contributed by atoms with van der Waals surface area (Å²) in [6, 6.07) is 3.75. The van der Waals surface area contributed by atoms with E-state index in [1.807, 2.05) is 6.92 Å². The van der Waals surface area contributed by atoms with E-state index >= 15 is 0 Å². The van der Waals surface area contributed by atoms with Crippen molar-refractivity contribution in [2.75, 3.05) is 12.3 Å². The van der Waals surface area contributed by atoms with E-state index in [1.54, 1.807) is 6.20 Å². The molecular weight excluding hydrogens is 259 g/mol. The summed E-state index contributed by atoms with van der Waals surface area (Å²) in [5, 5.41) is 9.58. The van der Waals surface area contributed by atoms with Crippen LogP contribution in [0.25, 0.3) is 0 Å². The lowest BCUT2D eigenvalue weighted by Crippen LogP contribution is -2.25. The molecule has 1 aromatic carbocycles. The van der Waals surface area contributed by atoms with Crippen LogP contribution in [0, 0.1) is 12.7 Å². The molecule has 0 spiro atoms. The van der Waals surface area contributed by atoms with Crippen LogP contribution in [0.3, 0.4) is 0 Å². The quantitative estimate of drug-likeness (QED) is 0.575. The highest BCUT2D eigenvalue weighted by atomic mass is 19.1. The van der Waals surface area contributed by atoms with Gasteiger partial charge in [0.2, 0.25) is 0 Å². The van der Waals surface area contributed by atoms with Crippen molar-refractivity contribution in [3.05, 3.63) is 47.0 Å². The molecule has 0 aliphatic heterocycles. The molecule has 1 aromatic heterocycles. The number of hydrogen-bond acceptors (Lipinski definition) is 3. The van der Waals surface area contributed by atoms with E-state index in [0.717, 1.165) is 30.2 Å². The van der Waals surface area contributed by atoms with Crippen molar-refractivity contribution < 1.29 is 9.18 Å². The summed E-state index contributed by atoms with van der Waals surface area (Å²) in [6.07, 6.45) is 3.42. The molecule has 0 aliphatic rings. The topological polar surface area (TPSA) is 83.8 Å². The molecule has 0 saturated heterocycles. The second-order valence-electron chi connectivity index (χ2n) is 4.61. The molecule has 6 heteroatoms. The highest BCUT2D eigenvalue weighted by Gasteiger charge is 2.09. The molecular formula is C14H17FN4O. The van der Waals surface area contributed by atoms with Crippen LogP contribution in [0.2, 0.25) is 0 Å². The minimum absolute atomic E-state index is 0.146. The summed E-state index contributed by atoms with van der Waals surface area (Å²) in [4.78, 5) is 11.9. The Morgan fingerprint density at radius 2 is 2.30 bits per heavy atom. The number of nitrogens with zero attached hydrogens (tertiary/aromatic N) is 1. The Morgan fingerprint density at radius 1 is 1.50 bits per heavy atom. The number of rotatable bonds is 5. The molecule has 2 aromatic rings. The smallest absolute Gasteiger partial charge is 0.253 e. The average molecular weight is 276 g/mol. The minimum Gasteiger partial charge on any atom is -0.398 e. The maximum Gasteiger partial charge on any atom is 0.253 e. The van der Waals surface area contributed by atoms with Gasteiger partial charge in [-0.1, -0.05) is 0 Å². The van der Waals surface area contributed by atoms with Crippen molar-refractivity contribution in [2.45, 2.75) is 19.8 Å². The van der Waals surface area contributed by atoms with E-state index in [2.05, 4.69) is 15.5 Å². The molecule has 5 nitrogen and oxygen atoms in total. The van der Waals surface area contributed by atoms with E-state index in [-0.39, 0.29) is 11.6 Å². The Bertz CT molecular complexity index is 609. The van der Waals surface area contributed by atoms with Crippen molar-refractivity contribution in [1.29, 1.82) is 0 Å². The average Bonchev–Trinajstić information content (AvgIpc) is 2.80. The van der Waals surface area contributed by atoms with Crippen LogP contribution in [0.5, 0.6) is 0 Å². The molecule has 0 fully saturated rings. The third-order valence-corrected chi connectivity index (χ3v) is 3.10. The molecule has 1 amide bonds. The van der Waals surface area contributed by atoms with Gasteiger partial charge in [-0.3, -0.25) is 9.89 Å². The summed E-state index contributed by atoms with van der Waals surface area (Å²) >= 11 is 0. The lowest BCUT2D eigenvalue weighted by atomic mass is 10.1. The molecule has 0 radical (unpaired) electrons. The summed E-state index contributed by atoms with van der Waals surface area (Å²) in [7, 11) is 0. The first-order valence-corrected chi connectivity index (χ1v) is 6.40. The number of anilines is 1. The number of aromatic nitrogens is 2. The number of nitrogen functional groups attached to an aromatic ring is 1. The predicted octanol–water partition coefficient (Wildman–Crippen LogP) is 1.80. The fraction of sp³-hybridized carbons (Fsp3) is 0.286. The fourth-order valence-corrected chi connectivity index (χ4v) is 1.94. The molecule has 106 valence electrons. The van der Waals surface area contributed by atoms with Crippen LogP contribution in [0.4, 0.5) is 10.1 Å². The molecule has 1 heterocycles. The molecule has 0 bridgehead atoms. The van der Waals surface area contributed by atoms with E-state index in [0.29, 0.717) is 12.1 Å². The fourth-order valence-electron chi connectivity index (χ4n) is 1.94. The minimum atomic E-state index is -0.450. The Kier molecular flexibility index (Phi) is 4.34. The predicted molar refractivity (Wildman–Crippen MR) is 74.8 cm³/mol. The van der Waals surface area contributed by atoms with Crippen LogP contribution in [-0.2, 0) is 6.42 Å². The number of carbonyl (C=O) groups is 1. The van der Waals surface area contributed by atoms with E-state index < -0.39 is 5.82 Å². The largest absolute Gasteiger partial charge is 0.398 e. The number of H-pyrrole nitrogens is 1. The van der Waals surface area contributed by atoms with Gasteiger partial charge >= 0.3 is 0 Å². The zero-order valence-corrected chi connectivity index (χ0v) is 11.2. The zero-order valence-electron chi connectivity index (χ0n) is 11.2. The second kappa shape index (κ2) is 6.18. The number of carbonyl (C=O) groups excluding carboxylic acids is 1. The molecule has 2 rings (SSSR count). The SMILES string of the molecule is Cc1[nH]ncc1CCCNC(=O)c1ccc(F)cc1N. The number of hydrogen-bond donors (Lipinski definition) is 3. The molecule has 4 N–H and O–H groups in total. The lowest BCUT2D eigenvalue weighted by molar-refractivity contribution is 0.0954. The van der Waals surface area contributed by atoms with Gasteiger partial charge < -0.3 is 11.1 Å². The molecule has 0 saturated carbocycles. The maximum atomic E-state index is 12.9. The first-order valence-electron chi connectivity index (χ1n) is 6.40. The van der Waals surface area contributed by atoms with Gasteiger partial charge in [0.1, 0.15) is 5.82 Å². The number of nitrogens with two attached hydrogens (primary N) is 1. The molecule has 0 atom stereocenters.